The van der Waals surface area contributed by atoms with Crippen LogP contribution in [-0.2, 0) is 19.1 Å². The van der Waals surface area contributed by atoms with Crippen LogP contribution < -0.4 is 4.90 Å². The normalized spacial score (nSPS) is 11.9. The maximum absolute atomic E-state index is 12.8. The fourth-order valence-electron chi connectivity index (χ4n) is 3.68. The van der Waals surface area contributed by atoms with Crippen molar-refractivity contribution < 1.29 is 19.1 Å². The summed E-state index contributed by atoms with van der Waals surface area (Å²) in [5, 5.41) is 0. The number of esters is 2. The first-order valence-electron chi connectivity index (χ1n) is 10.7. The Morgan fingerprint density at radius 1 is 0.800 bits per heavy atom. The molecule has 0 amide bonds. The van der Waals surface area contributed by atoms with Crippen molar-refractivity contribution in [2.45, 2.75) is 34.1 Å². The number of para-hydroxylation sites is 2. The van der Waals surface area contributed by atoms with Crippen molar-refractivity contribution >= 4 is 23.3 Å². The summed E-state index contributed by atoms with van der Waals surface area (Å²) in [5.41, 5.74) is 2.01. The van der Waals surface area contributed by atoms with Gasteiger partial charge in [-0.25, -0.2) is 0 Å². The molecule has 0 saturated carbocycles. The summed E-state index contributed by atoms with van der Waals surface area (Å²) in [7, 11) is 0. The Morgan fingerprint density at radius 3 is 1.60 bits per heavy atom. The van der Waals surface area contributed by atoms with Crippen LogP contribution in [0.4, 0.5) is 11.4 Å². The van der Waals surface area contributed by atoms with Crippen molar-refractivity contribution in [1.82, 2.24) is 0 Å². The molecule has 5 heteroatoms. The lowest BCUT2D eigenvalue weighted by Crippen LogP contribution is -2.40. The van der Waals surface area contributed by atoms with E-state index >= 15 is 0 Å². The van der Waals surface area contributed by atoms with E-state index in [0.717, 1.165) is 11.4 Å². The standard InChI is InChI=1S/C25H33NO4/c1-5-29-24(27)23(25(28)30-6-2)20(17-19(3)4)18-26(21-13-9-7-10-14-21)22-15-11-8-12-16-22/h7-16,19-20,23H,5-6,17-18H2,1-4H3. The lowest BCUT2D eigenvalue weighted by molar-refractivity contribution is -0.164. The molecule has 0 bridgehead atoms. The van der Waals surface area contributed by atoms with Crippen molar-refractivity contribution in [3.8, 4) is 0 Å². The second-order valence-electron chi connectivity index (χ2n) is 7.65. The van der Waals surface area contributed by atoms with Gasteiger partial charge in [0.25, 0.3) is 0 Å². The van der Waals surface area contributed by atoms with E-state index in [0.29, 0.717) is 18.9 Å². The first-order chi connectivity index (χ1) is 14.5. The van der Waals surface area contributed by atoms with Gasteiger partial charge in [-0.3, -0.25) is 9.59 Å². The number of rotatable bonds is 11. The minimum absolute atomic E-state index is 0.226. The van der Waals surface area contributed by atoms with Crippen LogP contribution in [-0.4, -0.2) is 31.7 Å². The van der Waals surface area contributed by atoms with Gasteiger partial charge in [-0.15, -0.1) is 0 Å². The lowest BCUT2D eigenvalue weighted by Gasteiger charge is -2.33. The first kappa shape index (κ1) is 23.5. The quantitative estimate of drug-likeness (QED) is 0.374. The Balaban J connectivity index is 2.45. The molecule has 0 aliphatic rings. The highest BCUT2D eigenvalue weighted by molar-refractivity contribution is 5.95. The molecule has 0 heterocycles. The molecule has 0 aromatic heterocycles. The van der Waals surface area contributed by atoms with E-state index in [1.54, 1.807) is 13.8 Å². The first-order valence-corrected chi connectivity index (χ1v) is 10.7. The SMILES string of the molecule is CCOC(=O)C(C(=O)OCC)C(CC(C)C)CN(c1ccccc1)c1ccccc1. The van der Waals surface area contributed by atoms with Crippen molar-refractivity contribution in [3.05, 3.63) is 60.7 Å². The van der Waals surface area contributed by atoms with Gasteiger partial charge in [0.2, 0.25) is 0 Å². The Labute approximate surface area is 180 Å². The topological polar surface area (TPSA) is 55.8 Å². The molecule has 1 atom stereocenters. The van der Waals surface area contributed by atoms with Gasteiger partial charge >= 0.3 is 11.9 Å². The van der Waals surface area contributed by atoms with Gasteiger partial charge in [0, 0.05) is 23.8 Å². The van der Waals surface area contributed by atoms with Gasteiger partial charge in [0.15, 0.2) is 5.92 Å². The molecule has 0 aliphatic carbocycles. The Hall–Kier alpha value is -2.82. The Kier molecular flexibility index (Phi) is 9.39. The predicted octanol–water partition coefficient (Wildman–Crippen LogP) is 5.23. The largest absolute Gasteiger partial charge is 0.465 e. The fraction of sp³-hybridized carbons (Fsp3) is 0.440. The molecular weight excluding hydrogens is 378 g/mol. The monoisotopic (exact) mass is 411 g/mol. The highest BCUT2D eigenvalue weighted by atomic mass is 16.6. The van der Waals surface area contributed by atoms with Gasteiger partial charge in [-0.2, -0.15) is 0 Å². The van der Waals surface area contributed by atoms with Gasteiger partial charge in [-0.1, -0.05) is 50.2 Å². The van der Waals surface area contributed by atoms with Crippen LogP contribution in [0.1, 0.15) is 34.1 Å². The molecule has 162 valence electrons. The molecule has 0 radical (unpaired) electrons. The smallest absolute Gasteiger partial charge is 0.320 e. The second-order valence-corrected chi connectivity index (χ2v) is 7.65. The number of nitrogens with zero attached hydrogens (tertiary/aromatic N) is 1. The summed E-state index contributed by atoms with van der Waals surface area (Å²) in [6.07, 6.45) is 0.693. The van der Waals surface area contributed by atoms with Crippen LogP contribution in [0.15, 0.2) is 60.7 Å². The highest BCUT2D eigenvalue weighted by Crippen LogP contribution is 2.31. The summed E-state index contributed by atoms with van der Waals surface area (Å²) < 4.78 is 10.5. The maximum Gasteiger partial charge on any atom is 0.320 e. The molecule has 0 N–H and O–H groups in total. The van der Waals surface area contributed by atoms with Gasteiger partial charge in [0.1, 0.15) is 0 Å². The Morgan fingerprint density at radius 2 is 1.23 bits per heavy atom. The van der Waals surface area contributed by atoms with Crippen molar-refractivity contribution in [2.75, 3.05) is 24.7 Å². The minimum atomic E-state index is -0.956. The van der Waals surface area contributed by atoms with E-state index in [-0.39, 0.29) is 19.1 Å². The third kappa shape index (κ3) is 6.61. The number of hydrogen-bond donors (Lipinski definition) is 0. The van der Waals surface area contributed by atoms with E-state index < -0.39 is 17.9 Å². The van der Waals surface area contributed by atoms with E-state index in [2.05, 4.69) is 18.7 Å². The molecule has 2 aromatic rings. The van der Waals surface area contributed by atoms with E-state index in [1.165, 1.54) is 0 Å². The van der Waals surface area contributed by atoms with Crippen LogP contribution in [0, 0.1) is 17.8 Å². The van der Waals surface area contributed by atoms with Crippen LogP contribution in [0.5, 0.6) is 0 Å². The second kappa shape index (κ2) is 12.0. The highest BCUT2D eigenvalue weighted by Gasteiger charge is 2.39. The Bertz CT molecular complexity index is 719. The summed E-state index contributed by atoms with van der Waals surface area (Å²) in [6.45, 7) is 8.63. The van der Waals surface area contributed by atoms with E-state index in [1.807, 2.05) is 60.7 Å². The summed E-state index contributed by atoms with van der Waals surface area (Å²) in [4.78, 5) is 27.7. The van der Waals surface area contributed by atoms with Gasteiger partial charge in [0.05, 0.1) is 13.2 Å². The predicted molar refractivity (Wildman–Crippen MR) is 120 cm³/mol. The minimum Gasteiger partial charge on any atom is -0.465 e. The van der Waals surface area contributed by atoms with Crippen LogP contribution in [0.25, 0.3) is 0 Å². The maximum atomic E-state index is 12.8. The molecule has 0 saturated heterocycles. The number of carbonyl (C=O) groups is 2. The molecule has 0 aliphatic heterocycles. The molecule has 2 rings (SSSR count). The van der Waals surface area contributed by atoms with Crippen molar-refractivity contribution in [3.63, 3.8) is 0 Å². The average Bonchev–Trinajstić information content (AvgIpc) is 2.73. The zero-order valence-electron chi connectivity index (χ0n) is 18.4. The summed E-state index contributed by atoms with van der Waals surface area (Å²) in [6, 6.07) is 20.0. The van der Waals surface area contributed by atoms with Gasteiger partial charge < -0.3 is 14.4 Å². The average molecular weight is 412 g/mol. The molecule has 5 nitrogen and oxygen atoms in total. The zero-order valence-corrected chi connectivity index (χ0v) is 18.4. The number of ether oxygens (including phenoxy) is 2. The number of carbonyl (C=O) groups excluding carboxylic acids is 2. The molecule has 2 aromatic carbocycles. The molecule has 30 heavy (non-hydrogen) atoms. The summed E-state index contributed by atoms with van der Waals surface area (Å²) in [5.74, 6) is -1.94. The molecule has 0 fully saturated rings. The van der Waals surface area contributed by atoms with E-state index in [4.69, 9.17) is 9.47 Å². The zero-order chi connectivity index (χ0) is 21.9. The van der Waals surface area contributed by atoms with E-state index in [9.17, 15) is 9.59 Å². The van der Waals surface area contributed by atoms with Gasteiger partial charge in [-0.05, 0) is 50.5 Å². The van der Waals surface area contributed by atoms with Crippen molar-refractivity contribution in [1.29, 1.82) is 0 Å². The number of anilines is 2. The lowest BCUT2D eigenvalue weighted by atomic mass is 9.84. The molecular formula is C25H33NO4. The number of hydrogen-bond acceptors (Lipinski definition) is 5. The van der Waals surface area contributed by atoms with Crippen molar-refractivity contribution in [2.24, 2.45) is 17.8 Å². The van der Waals surface area contributed by atoms with Crippen LogP contribution in [0.3, 0.4) is 0 Å². The third-order valence-electron chi connectivity index (χ3n) is 4.88. The number of benzene rings is 2. The van der Waals surface area contributed by atoms with Crippen LogP contribution in [0.2, 0.25) is 0 Å². The summed E-state index contributed by atoms with van der Waals surface area (Å²) >= 11 is 0. The van der Waals surface area contributed by atoms with Crippen LogP contribution >= 0.6 is 0 Å². The molecule has 1 unspecified atom stereocenters. The fourth-order valence-corrected chi connectivity index (χ4v) is 3.68. The third-order valence-corrected chi connectivity index (χ3v) is 4.88. The molecule has 0 spiro atoms.